The normalized spacial score (nSPS) is 12.0. The molecule has 1 N–H and O–H groups in total. The van der Waals surface area contributed by atoms with Crippen LogP contribution in [0.5, 0.6) is 0 Å². The average Bonchev–Trinajstić information content (AvgIpc) is 3.12. The van der Waals surface area contributed by atoms with Gasteiger partial charge in [-0.1, -0.05) is 18.2 Å². The number of aliphatic imine (C=N–C) groups is 1. The quantitative estimate of drug-likeness (QED) is 0.787. The molecule has 0 saturated carbocycles. The number of fused-ring (bicyclic) bond motifs is 1. The molecule has 0 saturated heterocycles. The minimum atomic E-state index is -0.253. The lowest BCUT2D eigenvalue weighted by Crippen LogP contribution is -2.11. The number of nitrogens with one attached hydrogen (secondary N) is 1. The van der Waals surface area contributed by atoms with Crippen molar-refractivity contribution in [3.05, 3.63) is 89.2 Å². The summed E-state index contributed by atoms with van der Waals surface area (Å²) >= 11 is 0. The molecule has 1 amide bonds. The second-order valence-corrected chi connectivity index (χ2v) is 5.97. The SMILES string of the molecule is N#Cc1cccc(C(=O)Nc2ccc3c(c2)N=C(c2cccnc2)C3)c1. The molecular formula is C21H14N4O. The van der Waals surface area contributed by atoms with Gasteiger partial charge in [-0.3, -0.25) is 14.8 Å². The summed E-state index contributed by atoms with van der Waals surface area (Å²) in [6.45, 7) is 0. The van der Waals surface area contributed by atoms with E-state index in [4.69, 9.17) is 5.26 Å². The number of carbonyl (C=O) groups excluding carboxylic acids is 1. The summed E-state index contributed by atoms with van der Waals surface area (Å²) in [4.78, 5) is 21.2. The fourth-order valence-corrected chi connectivity index (χ4v) is 2.89. The van der Waals surface area contributed by atoms with Crippen LogP contribution < -0.4 is 5.32 Å². The van der Waals surface area contributed by atoms with Crippen molar-refractivity contribution in [2.75, 3.05) is 5.32 Å². The third-order valence-corrected chi connectivity index (χ3v) is 4.21. The van der Waals surface area contributed by atoms with Crippen molar-refractivity contribution in [2.45, 2.75) is 6.42 Å². The van der Waals surface area contributed by atoms with Crippen LogP contribution >= 0.6 is 0 Å². The van der Waals surface area contributed by atoms with Gasteiger partial charge in [0.25, 0.3) is 5.91 Å². The Bertz CT molecular complexity index is 1060. The van der Waals surface area contributed by atoms with E-state index in [2.05, 4.69) is 15.3 Å². The van der Waals surface area contributed by atoms with E-state index >= 15 is 0 Å². The summed E-state index contributed by atoms with van der Waals surface area (Å²) in [7, 11) is 0. The Balaban J connectivity index is 1.56. The van der Waals surface area contributed by atoms with Crippen molar-refractivity contribution >= 4 is 23.0 Å². The lowest BCUT2D eigenvalue weighted by molar-refractivity contribution is 0.102. The molecule has 0 spiro atoms. The van der Waals surface area contributed by atoms with Crippen molar-refractivity contribution in [3.63, 3.8) is 0 Å². The molecule has 0 bridgehead atoms. The van der Waals surface area contributed by atoms with Crippen molar-refractivity contribution < 1.29 is 4.79 Å². The molecule has 1 aliphatic rings. The average molecular weight is 338 g/mol. The molecule has 3 aromatic rings. The predicted octanol–water partition coefficient (Wildman–Crippen LogP) is 3.88. The Hall–Kier alpha value is -3.78. The molecule has 26 heavy (non-hydrogen) atoms. The van der Waals surface area contributed by atoms with Crippen molar-refractivity contribution in [1.82, 2.24) is 4.98 Å². The van der Waals surface area contributed by atoms with Crippen LogP contribution in [0.4, 0.5) is 11.4 Å². The predicted molar refractivity (Wildman–Crippen MR) is 99.7 cm³/mol. The summed E-state index contributed by atoms with van der Waals surface area (Å²) in [6, 6.07) is 18.2. The lowest BCUT2D eigenvalue weighted by Gasteiger charge is -2.07. The van der Waals surface area contributed by atoms with Gasteiger partial charge in [-0.05, 0) is 42.0 Å². The van der Waals surface area contributed by atoms with Gasteiger partial charge in [-0.25, -0.2) is 0 Å². The Morgan fingerprint density at radius 2 is 2.04 bits per heavy atom. The molecule has 0 unspecified atom stereocenters. The van der Waals surface area contributed by atoms with Crippen LogP contribution in [0.1, 0.15) is 27.0 Å². The maximum atomic E-state index is 12.4. The van der Waals surface area contributed by atoms with Gasteiger partial charge < -0.3 is 5.32 Å². The van der Waals surface area contributed by atoms with E-state index in [1.54, 1.807) is 36.7 Å². The zero-order valence-corrected chi connectivity index (χ0v) is 13.8. The largest absolute Gasteiger partial charge is 0.322 e. The van der Waals surface area contributed by atoms with Crippen LogP contribution in [0.25, 0.3) is 0 Å². The molecule has 5 nitrogen and oxygen atoms in total. The molecule has 0 atom stereocenters. The maximum absolute atomic E-state index is 12.4. The molecule has 2 heterocycles. The number of pyridine rings is 1. The maximum Gasteiger partial charge on any atom is 0.255 e. The molecule has 5 heteroatoms. The van der Waals surface area contributed by atoms with Crippen molar-refractivity contribution in [2.24, 2.45) is 4.99 Å². The highest BCUT2D eigenvalue weighted by molar-refractivity contribution is 6.07. The zero-order chi connectivity index (χ0) is 17.9. The molecule has 0 fully saturated rings. The molecule has 2 aromatic carbocycles. The molecule has 0 radical (unpaired) electrons. The number of aromatic nitrogens is 1. The van der Waals surface area contributed by atoms with Crippen LogP contribution in [-0.2, 0) is 6.42 Å². The molecule has 1 aliphatic heterocycles. The van der Waals surface area contributed by atoms with E-state index < -0.39 is 0 Å². The van der Waals surface area contributed by atoms with Gasteiger partial charge in [-0.15, -0.1) is 0 Å². The van der Waals surface area contributed by atoms with Crippen LogP contribution in [-0.4, -0.2) is 16.6 Å². The smallest absolute Gasteiger partial charge is 0.255 e. The van der Waals surface area contributed by atoms with Gasteiger partial charge in [-0.2, -0.15) is 5.26 Å². The van der Waals surface area contributed by atoms with Gasteiger partial charge >= 0.3 is 0 Å². The number of nitrogens with zero attached hydrogens (tertiary/aromatic N) is 3. The number of anilines is 1. The second kappa shape index (κ2) is 6.61. The Labute approximate surface area is 150 Å². The number of carbonyl (C=O) groups is 1. The van der Waals surface area contributed by atoms with E-state index in [1.807, 2.05) is 36.4 Å². The zero-order valence-electron chi connectivity index (χ0n) is 13.8. The first-order valence-corrected chi connectivity index (χ1v) is 8.15. The third kappa shape index (κ3) is 3.08. The first-order chi connectivity index (χ1) is 12.7. The molecular weight excluding hydrogens is 324 g/mol. The summed E-state index contributed by atoms with van der Waals surface area (Å²) in [5, 5.41) is 11.8. The lowest BCUT2D eigenvalue weighted by atomic mass is 10.1. The fourth-order valence-electron chi connectivity index (χ4n) is 2.89. The van der Waals surface area contributed by atoms with Gasteiger partial charge in [0.15, 0.2) is 0 Å². The topological polar surface area (TPSA) is 78.1 Å². The Morgan fingerprint density at radius 3 is 2.85 bits per heavy atom. The molecule has 0 aliphatic carbocycles. The summed E-state index contributed by atoms with van der Waals surface area (Å²) in [5.74, 6) is -0.253. The van der Waals surface area contributed by atoms with Gasteiger partial charge in [0.1, 0.15) is 0 Å². The minimum absolute atomic E-state index is 0.253. The van der Waals surface area contributed by atoms with E-state index in [-0.39, 0.29) is 5.91 Å². The fraction of sp³-hybridized carbons (Fsp3) is 0.0476. The van der Waals surface area contributed by atoms with Gasteiger partial charge in [0, 0.05) is 35.6 Å². The summed E-state index contributed by atoms with van der Waals surface area (Å²) in [6.07, 6.45) is 4.29. The van der Waals surface area contributed by atoms with Crippen molar-refractivity contribution in [1.29, 1.82) is 5.26 Å². The number of nitriles is 1. The van der Waals surface area contributed by atoms with Crippen LogP contribution in [0.3, 0.4) is 0 Å². The van der Waals surface area contributed by atoms with Crippen LogP contribution in [0, 0.1) is 11.3 Å². The van der Waals surface area contributed by atoms with Crippen molar-refractivity contribution in [3.8, 4) is 6.07 Å². The highest BCUT2D eigenvalue weighted by Gasteiger charge is 2.17. The number of hydrogen-bond donors (Lipinski definition) is 1. The number of benzene rings is 2. The highest BCUT2D eigenvalue weighted by atomic mass is 16.1. The van der Waals surface area contributed by atoms with Crippen LogP contribution in [0.15, 0.2) is 72.0 Å². The van der Waals surface area contributed by atoms with E-state index in [9.17, 15) is 4.79 Å². The Morgan fingerprint density at radius 1 is 1.12 bits per heavy atom. The first kappa shape index (κ1) is 15.7. The monoisotopic (exact) mass is 338 g/mol. The summed E-state index contributed by atoms with van der Waals surface area (Å²) < 4.78 is 0. The second-order valence-electron chi connectivity index (χ2n) is 5.97. The van der Waals surface area contributed by atoms with Crippen LogP contribution in [0.2, 0.25) is 0 Å². The number of hydrogen-bond acceptors (Lipinski definition) is 4. The number of amides is 1. The van der Waals surface area contributed by atoms with E-state index in [0.717, 1.165) is 28.9 Å². The Kier molecular flexibility index (Phi) is 4.00. The minimum Gasteiger partial charge on any atom is -0.322 e. The van der Waals surface area contributed by atoms with Gasteiger partial charge in [0.05, 0.1) is 23.0 Å². The molecule has 124 valence electrons. The molecule has 1 aromatic heterocycles. The van der Waals surface area contributed by atoms with E-state index in [0.29, 0.717) is 16.8 Å². The first-order valence-electron chi connectivity index (χ1n) is 8.15. The highest BCUT2D eigenvalue weighted by Crippen LogP contribution is 2.31. The summed E-state index contributed by atoms with van der Waals surface area (Å²) in [5.41, 5.74) is 5.52. The van der Waals surface area contributed by atoms with E-state index in [1.165, 1.54) is 0 Å². The standard InChI is InChI=1S/C21H14N4O/c22-12-14-3-1-4-16(9-14)21(26)24-18-7-6-15-10-19(25-20(15)11-18)17-5-2-8-23-13-17/h1-9,11,13H,10H2,(H,24,26). The molecule has 4 rings (SSSR count). The third-order valence-electron chi connectivity index (χ3n) is 4.21. The van der Waals surface area contributed by atoms with Gasteiger partial charge in [0.2, 0.25) is 0 Å². The number of rotatable bonds is 3.